The molecule has 0 bridgehead atoms. The third-order valence-corrected chi connectivity index (χ3v) is 3.61. The molecule has 0 amide bonds. The second-order valence-corrected chi connectivity index (χ2v) is 5.69. The average molecular weight is 344 g/mol. The highest BCUT2D eigenvalue weighted by atomic mass is 79.9. The van der Waals surface area contributed by atoms with E-state index in [1.165, 1.54) is 0 Å². The molecule has 5 nitrogen and oxygen atoms in total. The number of rotatable bonds is 5. The predicted molar refractivity (Wildman–Crippen MR) is 78.3 cm³/mol. The van der Waals surface area contributed by atoms with Crippen LogP contribution in [0.4, 0.5) is 0 Å². The van der Waals surface area contributed by atoms with Crippen LogP contribution in [0.1, 0.15) is 18.4 Å². The first kappa shape index (κ1) is 15.1. The molecule has 1 aliphatic heterocycles. The normalized spacial score (nSPS) is 14.2. The van der Waals surface area contributed by atoms with Gasteiger partial charge in [-0.2, -0.15) is 0 Å². The molecule has 0 atom stereocenters. The molecule has 0 aromatic heterocycles. The number of benzene rings is 1. The maximum Gasteiger partial charge on any atom is 0.304 e. The zero-order valence-corrected chi connectivity index (χ0v) is 13.0. The SMILES string of the molecule is CN(CCC(=O)O)Cc1cc(Br)c2c(c1)OCCCO2. The zero-order valence-electron chi connectivity index (χ0n) is 11.4. The Hall–Kier alpha value is -1.27. The molecule has 0 saturated carbocycles. The summed E-state index contributed by atoms with van der Waals surface area (Å²) in [5.41, 5.74) is 1.06. The number of carbonyl (C=O) groups is 1. The minimum Gasteiger partial charge on any atom is -0.490 e. The zero-order chi connectivity index (χ0) is 14.5. The van der Waals surface area contributed by atoms with E-state index in [4.69, 9.17) is 14.6 Å². The van der Waals surface area contributed by atoms with Crippen molar-refractivity contribution in [1.29, 1.82) is 0 Å². The second kappa shape index (κ2) is 6.95. The van der Waals surface area contributed by atoms with Crippen LogP contribution >= 0.6 is 15.9 Å². The van der Waals surface area contributed by atoms with Crippen LogP contribution in [-0.2, 0) is 11.3 Å². The Morgan fingerprint density at radius 3 is 2.90 bits per heavy atom. The molecule has 1 N–H and O–H groups in total. The molecule has 0 spiro atoms. The molecule has 0 radical (unpaired) electrons. The first-order valence-corrected chi connectivity index (χ1v) is 7.34. The highest BCUT2D eigenvalue weighted by Crippen LogP contribution is 2.38. The second-order valence-electron chi connectivity index (χ2n) is 4.84. The minimum atomic E-state index is -0.781. The van der Waals surface area contributed by atoms with Gasteiger partial charge in [0.2, 0.25) is 0 Å². The van der Waals surface area contributed by atoms with Crippen LogP contribution in [-0.4, -0.2) is 42.8 Å². The molecular weight excluding hydrogens is 326 g/mol. The molecule has 0 fully saturated rings. The number of halogens is 1. The molecule has 1 aliphatic rings. The van der Waals surface area contributed by atoms with E-state index in [9.17, 15) is 4.79 Å². The van der Waals surface area contributed by atoms with E-state index in [1.807, 2.05) is 24.1 Å². The van der Waals surface area contributed by atoms with Crippen molar-refractivity contribution in [1.82, 2.24) is 4.90 Å². The largest absolute Gasteiger partial charge is 0.490 e. The van der Waals surface area contributed by atoms with Crippen molar-refractivity contribution in [2.24, 2.45) is 0 Å². The number of hydrogen-bond donors (Lipinski definition) is 1. The lowest BCUT2D eigenvalue weighted by molar-refractivity contribution is -0.137. The number of fused-ring (bicyclic) bond motifs is 1. The maximum absolute atomic E-state index is 10.6. The van der Waals surface area contributed by atoms with Crippen molar-refractivity contribution < 1.29 is 19.4 Å². The van der Waals surface area contributed by atoms with Gasteiger partial charge in [0, 0.05) is 19.5 Å². The molecule has 0 aliphatic carbocycles. The van der Waals surface area contributed by atoms with Crippen LogP contribution in [0.5, 0.6) is 11.5 Å². The van der Waals surface area contributed by atoms with E-state index in [-0.39, 0.29) is 6.42 Å². The van der Waals surface area contributed by atoms with Crippen LogP contribution in [0.25, 0.3) is 0 Å². The third-order valence-electron chi connectivity index (χ3n) is 3.02. The van der Waals surface area contributed by atoms with E-state index in [2.05, 4.69) is 15.9 Å². The molecule has 1 aromatic rings. The highest BCUT2D eigenvalue weighted by molar-refractivity contribution is 9.10. The van der Waals surface area contributed by atoms with Crippen molar-refractivity contribution in [3.8, 4) is 11.5 Å². The monoisotopic (exact) mass is 343 g/mol. The number of hydrogen-bond acceptors (Lipinski definition) is 4. The Morgan fingerprint density at radius 2 is 2.15 bits per heavy atom. The van der Waals surface area contributed by atoms with Gasteiger partial charge in [0.1, 0.15) is 0 Å². The minimum absolute atomic E-state index is 0.141. The summed E-state index contributed by atoms with van der Waals surface area (Å²) in [5.74, 6) is 0.717. The van der Waals surface area contributed by atoms with Gasteiger partial charge in [0.15, 0.2) is 11.5 Å². The van der Waals surface area contributed by atoms with E-state index in [1.54, 1.807) is 0 Å². The maximum atomic E-state index is 10.6. The predicted octanol–water partition coefficient (Wildman–Crippen LogP) is 2.52. The van der Waals surface area contributed by atoms with E-state index >= 15 is 0 Å². The van der Waals surface area contributed by atoms with Crippen molar-refractivity contribution >= 4 is 21.9 Å². The van der Waals surface area contributed by atoms with Gasteiger partial charge in [-0.1, -0.05) is 0 Å². The first-order valence-electron chi connectivity index (χ1n) is 6.54. The van der Waals surface area contributed by atoms with Gasteiger partial charge >= 0.3 is 5.97 Å². The van der Waals surface area contributed by atoms with Gasteiger partial charge in [-0.05, 0) is 40.7 Å². The number of carboxylic acid groups (broad SMARTS) is 1. The Kier molecular flexibility index (Phi) is 5.25. The van der Waals surface area contributed by atoms with Crippen LogP contribution in [0.3, 0.4) is 0 Å². The summed E-state index contributed by atoms with van der Waals surface area (Å²) in [6, 6.07) is 3.95. The molecule has 1 aromatic carbocycles. The summed E-state index contributed by atoms with van der Waals surface area (Å²) in [6.07, 6.45) is 1.01. The molecule has 6 heteroatoms. The molecule has 110 valence electrons. The topological polar surface area (TPSA) is 59.0 Å². The van der Waals surface area contributed by atoms with Crippen LogP contribution < -0.4 is 9.47 Å². The van der Waals surface area contributed by atoms with Gasteiger partial charge in [0.25, 0.3) is 0 Å². The standard InChI is InChI=1S/C14H18BrNO4/c1-16(4-3-13(17)18)9-10-7-11(15)14-12(8-10)19-5-2-6-20-14/h7-8H,2-6,9H2,1H3,(H,17,18). The van der Waals surface area contributed by atoms with Gasteiger partial charge in [0.05, 0.1) is 24.1 Å². The number of carboxylic acids is 1. The quantitative estimate of drug-likeness (QED) is 0.890. The summed E-state index contributed by atoms with van der Waals surface area (Å²) in [5, 5.41) is 8.69. The van der Waals surface area contributed by atoms with E-state index < -0.39 is 5.97 Å². The lowest BCUT2D eigenvalue weighted by Gasteiger charge is -2.17. The van der Waals surface area contributed by atoms with Crippen LogP contribution in [0.15, 0.2) is 16.6 Å². The Morgan fingerprint density at radius 1 is 1.40 bits per heavy atom. The summed E-state index contributed by atoms with van der Waals surface area (Å²) >= 11 is 3.50. The van der Waals surface area contributed by atoms with Crippen molar-refractivity contribution in [2.75, 3.05) is 26.8 Å². The Labute approximate surface area is 126 Å². The molecule has 1 heterocycles. The summed E-state index contributed by atoms with van der Waals surface area (Å²) in [7, 11) is 1.90. The first-order chi connectivity index (χ1) is 9.56. The van der Waals surface area contributed by atoms with E-state index in [0.717, 1.165) is 28.0 Å². The number of aliphatic carboxylic acids is 1. The van der Waals surface area contributed by atoms with Crippen molar-refractivity contribution in [3.63, 3.8) is 0 Å². The number of ether oxygens (including phenoxy) is 2. The fourth-order valence-corrected chi connectivity index (χ4v) is 2.66. The summed E-state index contributed by atoms with van der Waals surface area (Å²) < 4.78 is 12.2. The lowest BCUT2D eigenvalue weighted by Crippen LogP contribution is -2.21. The lowest BCUT2D eigenvalue weighted by atomic mass is 10.2. The summed E-state index contributed by atoms with van der Waals surface area (Å²) in [6.45, 7) is 2.49. The molecule has 0 saturated heterocycles. The fourth-order valence-electron chi connectivity index (χ4n) is 2.05. The molecular formula is C14H18BrNO4. The van der Waals surface area contributed by atoms with Crippen molar-refractivity contribution in [2.45, 2.75) is 19.4 Å². The van der Waals surface area contributed by atoms with Gasteiger partial charge < -0.3 is 19.5 Å². The molecule has 2 rings (SSSR count). The molecule has 0 unspecified atom stereocenters. The van der Waals surface area contributed by atoms with E-state index in [0.29, 0.717) is 26.3 Å². The van der Waals surface area contributed by atoms with Gasteiger partial charge in [-0.25, -0.2) is 0 Å². The van der Waals surface area contributed by atoms with Gasteiger partial charge in [-0.15, -0.1) is 0 Å². The Bertz CT molecular complexity index is 492. The average Bonchev–Trinajstić information content (AvgIpc) is 2.62. The molecule has 20 heavy (non-hydrogen) atoms. The number of nitrogens with zero attached hydrogens (tertiary/aromatic N) is 1. The van der Waals surface area contributed by atoms with Crippen LogP contribution in [0.2, 0.25) is 0 Å². The fraction of sp³-hybridized carbons (Fsp3) is 0.500. The summed E-state index contributed by atoms with van der Waals surface area (Å²) in [4.78, 5) is 12.5. The smallest absolute Gasteiger partial charge is 0.304 e. The van der Waals surface area contributed by atoms with Crippen molar-refractivity contribution in [3.05, 3.63) is 22.2 Å². The Balaban J connectivity index is 2.07. The third kappa shape index (κ3) is 4.11. The van der Waals surface area contributed by atoms with Gasteiger partial charge in [-0.3, -0.25) is 4.79 Å². The highest BCUT2D eigenvalue weighted by Gasteiger charge is 2.16. The van der Waals surface area contributed by atoms with Crippen LogP contribution in [0, 0.1) is 0 Å².